The number of pyridine rings is 1. The summed E-state index contributed by atoms with van der Waals surface area (Å²) < 4.78 is 2.14. The molecule has 0 spiro atoms. The number of hydrogen-bond acceptors (Lipinski definition) is 3. The fourth-order valence-corrected chi connectivity index (χ4v) is 2.46. The predicted molar refractivity (Wildman–Crippen MR) is 80.4 cm³/mol. The molecule has 2 heterocycles. The van der Waals surface area contributed by atoms with Gasteiger partial charge in [-0.1, -0.05) is 30.3 Å². The highest BCUT2D eigenvalue weighted by Gasteiger charge is 2.10. The van der Waals surface area contributed by atoms with Crippen LogP contribution in [0.1, 0.15) is 11.4 Å². The van der Waals surface area contributed by atoms with Gasteiger partial charge in [0.1, 0.15) is 11.3 Å². The predicted octanol–water partition coefficient (Wildman–Crippen LogP) is 2.18. The van der Waals surface area contributed by atoms with Crippen molar-refractivity contribution in [2.24, 2.45) is 5.73 Å². The van der Waals surface area contributed by atoms with Crippen LogP contribution in [0.5, 0.6) is 0 Å². The van der Waals surface area contributed by atoms with Gasteiger partial charge in [0, 0.05) is 25.7 Å². The van der Waals surface area contributed by atoms with E-state index in [1.54, 1.807) is 6.20 Å². The molecular weight excluding hydrogens is 248 g/mol. The standard InChI is InChI=1S/C16H18N4/c17-10-12-20-15(9-8-13-5-2-1-3-6-13)19-14-7-4-11-18-16(14)20/h1-7,11H,8-10,12,17H2. The van der Waals surface area contributed by atoms with Gasteiger partial charge < -0.3 is 10.3 Å². The van der Waals surface area contributed by atoms with E-state index in [9.17, 15) is 0 Å². The number of hydrogen-bond donors (Lipinski definition) is 1. The van der Waals surface area contributed by atoms with Crippen molar-refractivity contribution in [3.05, 3.63) is 60.0 Å². The number of aryl methyl sites for hydroxylation is 2. The molecule has 3 aromatic rings. The van der Waals surface area contributed by atoms with Crippen LogP contribution in [0.4, 0.5) is 0 Å². The first-order valence-electron chi connectivity index (χ1n) is 6.92. The molecule has 3 rings (SSSR count). The van der Waals surface area contributed by atoms with E-state index < -0.39 is 0 Å². The molecule has 4 nitrogen and oxygen atoms in total. The van der Waals surface area contributed by atoms with Crippen LogP contribution in [0.25, 0.3) is 11.2 Å². The Morgan fingerprint density at radius 3 is 2.65 bits per heavy atom. The number of nitrogens with two attached hydrogens (primary N) is 1. The zero-order chi connectivity index (χ0) is 13.8. The van der Waals surface area contributed by atoms with E-state index in [4.69, 9.17) is 10.7 Å². The van der Waals surface area contributed by atoms with Gasteiger partial charge in [0.25, 0.3) is 0 Å². The van der Waals surface area contributed by atoms with E-state index >= 15 is 0 Å². The molecule has 2 N–H and O–H groups in total. The average molecular weight is 266 g/mol. The van der Waals surface area contributed by atoms with Crippen LogP contribution in [-0.4, -0.2) is 21.1 Å². The first-order chi connectivity index (χ1) is 9.88. The maximum Gasteiger partial charge on any atom is 0.160 e. The van der Waals surface area contributed by atoms with Crippen molar-refractivity contribution in [1.82, 2.24) is 14.5 Å². The van der Waals surface area contributed by atoms with Crippen molar-refractivity contribution in [3.8, 4) is 0 Å². The molecule has 0 aliphatic carbocycles. The lowest BCUT2D eigenvalue weighted by Crippen LogP contribution is -2.13. The lowest BCUT2D eigenvalue weighted by atomic mass is 10.1. The largest absolute Gasteiger partial charge is 0.329 e. The minimum atomic E-state index is 0.598. The van der Waals surface area contributed by atoms with Gasteiger partial charge in [-0.2, -0.15) is 0 Å². The molecule has 0 fully saturated rings. The van der Waals surface area contributed by atoms with E-state index in [0.717, 1.165) is 36.4 Å². The van der Waals surface area contributed by atoms with E-state index in [-0.39, 0.29) is 0 Å². The summed E-state index contributed by atoms with van der Waals surface area (Å²) in [6, 6.07) is 14.4. The topological polar surface area (TPSA) is 56.7 Å². The van der Waals surface area contributed by atoms with Crippen LogP contribution in [0.2, 0.25) is 0 Å². The Bertz CT molecular complexity index is 688. The number of fused-ring (bicyclic) bond motifs is 1. The lowest BCUT2D eigenvalue weighted by molar-refractivity contribution is 0.667. The Morgan fingerprint density at radius 1 is 1.00 bits per heavy atom. The Kier molecular flexibility index (Phi) is 3.74. The third kappa shape index (κ3) is 2.56. The van der Waals surface area contributed by atoms with Gasteiger partial charge in [0.15, 0.2) is 5.65 Å². The molecule has 1 aromatic carbocycles. The number of benzene rings is 1. The van der Waals surface area contributed by atoms with Crippen LogP contribution in [0, 0.1) is 0 Å². The van der Waals surface area contributed by atoms with Crippen molar-refractivity contribution in [1.29, 1.82) is 0 Å². The van der Waals surface area contributed by atoms with Crippen LogP contribution in [0.15, 0.2) is 48.7 Å². The quantitative estimate of drug-likeness (QED) is 0.770. The Morgan fingerprint density at radius 2 is 1.85 bits per heavy atom. The van der Waals surface area contributed by atoms with Gasteiger partial charge in [0.2, 0.25) is 0 Å². The van der Waals surface area contributed by atoms with E-state index in [0.29, 0.717) is 6.54 Å². The molecule has 0 radical (unpaired) electrons. The first-order valence-corrected chi connectivity index (χ1v) is 6.92. The van der Waals surface area contributed by atoms with Gasteiger partial charge in [-0.05, 0) is 24.1 Å². The summed E-state index contributed by atoms with van der Waals surface area (Å²) in [7, 11) is 0. The zero-order valence-corrected chi connectivity index (χ0v) is 11.4. The molecule has 0 amide bonds. The normalized spacial score (nSPS) is 11.1. The second-order valence-corrected chi connectivity index (χ2v) is 4.80. The Labute approximate surface area is 118 Å². The van der Waals surface area contributed by atoms with Crippen molar-refractivity contribution in [2.75, 3.05) is 6.54 Å². The van der Waals surface area contributed by atoms with Crippen molar-refractivity contribution < 1.29 is 0 Å². The SMILES string of the molecule is NCCn1c(CCc2ccccc2)nc2cccnc21. The third-order valence-corrected chi connectivity index (χ3v) is 3.42. The number of imidazole rings is 1. The Hall–Kier alpha value is -2.20. The van der Waals surface area contributed by atoms with Crippen LogP contribution in [-0.2, 0) is 19.4 Å². The molecule has 0 bridgehead atoms. The highest BCUT2D eigenvalue weighted by molar-refractivity contribution is 5.71. The maximum absolute atomic E-state index is 5.71. The smallest absolute Gasteiger partial charge is 0.160 e. The summed E-state index contributed by atoms with van der Waals surface area (Å²) in [5.74, 6) is 1.06. The molecule has 0 saturated carbocycles. The first kappa shape index (κ1) is 12.8. The third-order valence-electron chi connectivity index (χ3n) is 3.42. The molecule has 2 aromatic heterocycles. The molecule has 0 unspecified atom stereocenters. The van der Waals surface area contributed by atoms with Crippen LogP contribution < -0.4 is 5.73 Å². The van der Waals surface area contributed by atoms with Crippen molar-refractivity contribution >= 4 is 11.2 Å². The summed E-state index contributed by atoms with van der Waals surface area (Å²) >= 11 is 0. The molecule has 0 aliphatic heterocycles. The van der Waals surface area contributed by atoms with Gasteiger partial charge in [0.05, 0.1) is 0 Å². The summed E-state index contributed by atoms with van der Waals surface area (Å²) in [4.78, 5) is 9.11. The molecule has 0 aliphatic rings. The second-order valence-electron chi connectivity index (χ2n) is 4.80. The highest BCUT2D eigenvalue weighted by Crippen LogP contribution is 2.15. The molecule has 0 saturated heterocycles. The van der Waals surface area contributed by atoms with Crippen molar-refractivity contribution in [2.45, 2.75) is 19.4 Å². The van der Waals surface area contributed by atoms with E-state index in [1.165, 1.54) is 5.56 Å². The minimum Gasteiger partial charge on any atom is -0.329 e. The number of nitrogens with zero attached hydrogens (tertiary/aromatic N) is 3. The number of rotatable bonds is 5. The molecular formula is C16H18N4. The monoisotopic (exact) mass is 266 g/mol. The fourth-order valence-electron chi connectivity index (χ4n) is 2.46. The molecule has 0 atom stereocenters. The summed E-state index contributed by atoms with van der Waals surface area (Å²) in [5.41, 5.74) is 8.92. The Balaban J connectivity index is 1.88. The van der Waals surface area contributed by atoms with E-state index in [1.807, 2.05) is 18.2 Å². The average Bonchev–Trinajstić information content (AvgIpc) is 2.85. The molecule has 102 valence electrons. The second kappa shape index (κ2) is 5.84. The highest BCUT2D eigenvalue weighted by atomic mass is 15.1. The van der Waals surface area contributed by atoms with Gasteiger partial charge in [-0.25, -0.2) is 9.97 Å². The summed E-state index contributed by atoms with van der Waals surface area (Å²) in [6.45, 7) is 1.36. The maximum atomic E-state index is 5.71. The number of aromatic nitrogens is 3. The van der Waals surface area contributed by atoms with Crippen molar-refractivity contribution in [3.63, 3.8) is 0 Å². The van der Waals surface area contributed by atoms with E-state index in [2.05, 4.69) is 33.8 Å². The molecule has 4 heteroatoms. The van der Waals surface area contributed by atoms with Gasteiger partial charge >= 0.3 is 0 Å². The fraction of sp³-hybridized carbons (Fsp3) is 0.250. The van der Waals surface area contributed by atoms with Gasteiger partial charge in [-0.15, -0.1) is 0 Å². The lowest BCUT2D eigenvalue weighted by Gasteiger charge is -2.07. The van der Waals surface area contributed by atoms with Gasteiger partial charge in [-0.3, -0.25) is 0 Å². The van der Waals surface area contributed by atoms with Crippen LogP contribution in [0.3, 0.4) is 0 Å². The summed E-state index contributed by atoms with van der Waals surface area (Å²) in [5, 5.41) is 0. The molecule has 20 heavy (non-hydrogen) atoms. The summed E-state index contributed by atoms with van der Waals surface area (Å²) in [6.07, 6.45) is 3.69. The zero-order valence-electron chi connectivity index (χ0n) is 11.4. The van der Waals surface area contributed by atoms with Crippen LogP contribution >= 0.6 is 0 Å². The minimum absolute atomic E-state index is 0.598.